The highest BCUT2D eigenvalue weighted by Crippen LogP contribution is 2.35. The minimum atomic E-state index is -0.641. The van der Waals surface area contributed by atoms with Crippen LogP contribution in [0, 0.1) is 17.8 Å². The smallest absolute Gasteiger partial charge is 0.431 e. The summed E-state index contributed by atoms with van der Waals surface area (Å²) in [6.45, 7) is 8.15. The van der Waals surface area contributed by atoms with Gasteiger partial charge in [0.1, 0.15) is 6.10 Å². The molecule has 0 saturated heterocycles. The Morgan fingerprint density at radius 3 is 2.47 bits per heavy atom. The maximum absolute atomic E-state index is 11.5. The van der Waals surface area contributed by atoms with E-state index in [9.17, 15) is 4.79 Å². The van der Waals surface area contributed by atoms with Crippen LogP contribution in [0.5, 0.6) is 0 Å². The van der Waals surface area contributed by atoms with E-state index in [2.05, 4.69) is 20.8 Å². The van der Waals surface area contributed by atoms with Gasteiger partial charge in [-0.2, -0.15) is 0 Å². The molecule has 0 N–H and O–H groups in total. The molecule has 0 heterocycles. The lowest BCUT2D eigenvalue weighted by Crippen LogP contribution is -2.36. The molecule has 0 radical (unpaired) electrons. The summed E-state index contributed by atoms with van der Waals surface area (Å²) in [5, 5.41) is 0. The highest BCUT2D eigenvalue weighted by atomic mass is 35.5. The van der Waals surface area contributed by atoms with Crippen LogP contribution in [0.2, 0.25) is 0 Å². The van der Waals surface area contributed by atoms with E-state index >= 15 is 0 Å². The Balaban J connectivity index is 2.54. The lowest BCUT2D eigenvalue weighted by molar-refractivity contribution is -0.0342. The fourth-order valence-electron chi connectivity index (χ4n) is 2.53. The molecule has 0 aromatic rings. The number of halogens is 1. The lowest BCUT2D eigenvalue weighted by atomic mass is 9.75. The fourth-order valence-corrected chi connectivity index (χ4v) is 2.61. The molecule has 1 saturated carbocycles. The van der Waals surface area contributed by atoms with Crippen molar-refractivity contribution in [3.8, 4) is 0 Å². The number of hydrogen-bond donors (Lipinski definition) is 0. The van der Waals surface area contributed by atoms with Gasteiger partial charge in [0.15, 0.2) is 5.56 Å². The second kappa shape index (κ2) is 6.48. The summed E-state index contributed by atoms with van der Waals surface area (Å²) in [7, 11) is 0. The minimum Gasteiger partial charge on any atom is -0.431 e. The Morgan fingerprint density at radius 2 is 1.94 bits per heavy atom. The molecule has 1 rings (SSSR count). The summed E-state index contributed by atoms with van der Waals surface area (Å²) in [5.74, 6) is 1.56. The minimum absolute atomic E-state index is 0.0262. The average molecular weight is 263 g/mol. The summed E-state index contributed by atoms with van der Waals surface area (Å²) >= 11 is 5.59. The van der Waals surface area contributed by atoms with Crippen molar-refractivity contribution >= 4 is 17.8 Å². The Hall–Kier alpha value is -0.440. The molecule has 4 atom stereocenters. The van der Waals surface area contributed by atoms with Crippen LogP contribution in [0.15, 0.2) is 0 Å². The molecule has 0 aromatic carbocycles. The molecule has 17 heavy (non-hydrogen) atoms. The largest absolute Gasteiger partial charge is 0.510 e. The maximum Gasteiger partial charge on any atom is 0.510 e. The molecule has 1 aliphatic carbocycles. The molecular weight excluding hydrogens is 240 g/mol. The first-order chi connectivity index (χ1) is 7.90. The number of rotatable bonds is 3. The van der Waals surface area contributed by atoms with Crippen molar-refractivity contribution in [2.45, 2.75) is 58.6 Å². The molecular formula is C13H23ClO3. The van der Waals surface area contributed by atoms with Gasteiger partial charge in [-0.25, -0.2) is 4.79 Å². The average Bonchev–Trinajstić information content (AvgIpc) is 2.15. The number of alkyl halides is 1. The SMILES string of the molecule is CC1CCC(C(C)C)C(OC(=O)O[C@H](C)Cl)C1. The molecule has 3 unspecified atom stereocenters. The molecule has 4 heteroatoms. The van der Waals surface area contributed by atoms with Gasteiger partial charge in [0.2, 0.25) is 0 Å². The topological polar surface area (TPSA) is 35.5 Å². The summed E-state index contributed by atoms with van der Waals surface area (Å²) < 4.78 is 10.2. The van der Waals surface area contributed by atoms with E-state index in [1.807, 2.05) is 0 Å². The Morgan fingerprint density at radius 1 is 1.29 bits per heavy atom. The molecule has 3 nitrogen and oxygen atoms in total. The van der Waals surface area contributed by atoms with Gasteiger partial charge in [0.25, 0.3) is 0 Å². The predicted octanol–water partition coefficient (Wildman–Crippen LogP) is 4.19. The van der Waals surface area contributed by atoms with Crippen LogP contribution in [0.3, 0.4) is 0 Å². The quantitative estimate of drug-likeness (QED) is 0.565. The Kier molecular flexibility index (Phi) is 5.57. The summed E-state index contributed by atoms with van der Waals surface area (Å²) in [6, 6.07) is 0. The molecule has 1 aliphatic rings. The van der Waals surface area contributed by atoms with Gasteiger partial charge in [-0.1, -0.05) is 38.8 Å². The number of ether oxygens (including phenoxy) is 2. The molecule has 0 bridgehead atoms. The standard InChI is InChI=1S/C13H23ClO3/c1-8(2)11-6-5-9(3)7-12(11)17-13(15)16-10(4)14/h8-12H,5-7H2,1-4H3/t9?,10-,11?,12?/m1/s1. The van der Waals surface area contributed by atoms with E-state index < -0.39 is 11.7 Å². The third-order valence-electron chi connectivity index (χ3n) is 3.47. The van der Waals surface area contributed by atoms with E-state index in [1.54, 1.807) is 6.92 Å². The van der Waals surface area contributed by atoms with Crippen molar-refractivity contribution in [3.63, 3.8) is 0 Å². The van der Waals surface area contributed by atoms with E-state index in [0.29, 0.717) is 17.8 Å². The van der Waals surface area contributed by atoms with E-state index in [1.165, 1.54) is 6.42 Å². The Bertz CT molecular complexity index is 253. The van der Waals surface area contributed by atoms with E-state index in [4.69, 9.17) is 21.1 Å². The van der Waals surface area contributed by atoms with Gasteiger partial charge in [-0.3, -0.25) is 0 Å². The zero-order valence-corrected chi connectivity index (χ0v) is 11.9. The monoisotopic (exact) mass is 262 g/mol. The molecule has 0 spiro atoms. The zero-order chi connectivity index (χ0) is 13.0. The highest BCUT2D eigenvalue weighted by Gasteiger charge is 2.33. The lowest BCUT2D eigenvalue weighted by Gasteiger charge is -2.36. The first kappa shape index (κ1) is 14.6. The second-order valence-corrected chi connectivity index (χ2v) is 6.01. The van der Waals surface area contributed by atoms with Gasteiger partial charge in [-0.15, -0.1) is 0 Å². The van der Waals surface area contributed by atoms with Crippen LogP contribution in [0.25, 0.3) is 0 Å². The molecule has 0 amide bonds. The van der Waals surface area contributed by atoms with Crippen LogP contribution in [-0.4, -0.2) is 17.8 Å². The molecule has 0 aliphatic heterocycles. The third kappa shape index (κ3) is 4.74. The summed E-state index contributed by atoms with van der Waals surface area (Å²) in [4.78, 5) is 11.5. The third-order valence-corrected chi connectivity index (χ3v) is 3.56. The van der Waals surface area contributed by atoms with Crippen LogP contribution in [-0.2, 0) is 9.47 Å². The van der Waals surface area contributed by atoms with Gasteiger partial charge in [-0.05, 0) is 37.5 Å². The first-order valence-corrected chi connectivity index (χ1v) is 6.85. The number of hydrogen-bond acceptors (Lipinski definition) is 3. The molecule has 100 valence electrons. The maximum atomic E-state index is 11.5. The van der Waals surface area contributed by atoms with Crippen molar-refractivity contribution in [2.24, 2.45) is 17.8 Å². The van der Waals surface area contributed by atoms with Crippen LogP contribution < -0.4 is 0 Å². The second-order valence-electron chi connectivity index (χ2n) is 5.39. The number of carbonyl (C=O) groups is 1. The highest BCUT2D eigenvalue weighted by molar-refractivity contribution is 6.19. The molecule has 0 aromatic heterocycles. The van der Waals surface area contributed by atoms with Gasteiger partial charge in [0.05, 0.1) is 0 Å². The van der Waals surface area contributed by atoms with Crippen molar-refractivity contribution < 1.29 is 14.3 Å². The predicted molar refractivity (Wildman–Crippen MR) is 68.0 cm³/mol. The first-order valence-electron chi connectivity index (χ1n) is 6.41. The van der Waals surface area contributed by atoms with Crippen LogP contribution in [0.1, 0.15) is 47.0 Å². The van der Waals surface area contributed by atoms with Gasteiger partial charge >= 0.3 is 6.16 Å². The van der Waals surface area contributed by atoms with Crippen molar-refractivity contribution in [3.05, 3.63) is 0 Å². The van der Waals surface area contributed by atoms with Crippen LogP contribution >= 0.6 is 11.6 Å². The summed E-state index contributed by atoms with van der Waals surface area (Å²) in [6.07, 6.45) is 2.59. The molecule has 1 fully saturated rings. The van der Waals surface area contributed by atoms with E-state index in [-0.39, 0.29) is 6.10 Å². The normalized spacial score (nSPS) is 31.1. The van der Waals surface area contributed by atoms with Crippen molar-refractivity contribution in [1.82, 2.24) is 0 Å². The van der Waals surface area contributed by atoms with Gasteiger partial charge in [0, 0.05) is 0 Å². The number of carbonyl (C=O) groups excluding carboxylic acids is 1. The zero-order valence-electron chi connectivity index (χ0n) is 11.1. The fraction of sp³-hybridized carbons (Fsp3) is 0.923. The van der Waals surface area contributed by atoms with Gasteiger partial charge < -0.3 is 9.47 Å². The van der Waals surface area contributed by atoms with E-state index in [0.717, 1.165) is 12.8 Å². The van der Waals surface area contributed by atoms with Crippen molar-refractivity contribution in [2.75, 3.05) is 0 Å². The Labute approximate surface area is 109 Å². The van der Waals surface area contributed by atoms with Crippen LogP contribution in [0.4, 0.5) is 4.79 Å². The summed E-state index contributed by atoms with van der Waals surface area (Å²) in [5.41, 5.74) is -0.638. The van der Waals surface area contributed by atoms with Crippen molar-refractivity contribution in [1.29, 1.82) is 0 Å².